The standard InChI is InChI=1S/C12H19N3O/c1-10-2-3-11(8-14-10)12-9-15(5-4-13)6-7-16-12/h2-3,8,12H,4-7,9,13H2,1H3. The van der Waals surface area contributed by atoms with Crippen molar-refractivity contribution in [2.24, 2.45) is 5.73 Å². The van der Waals surface area contributed by atoms with Crippen LogP contribution in [0.25, 0.3) is 0 Å². The minimum atomic E-state index is 0.147. The molecule has 2 rings (SSSR count). The summed E-state index contributed by atoms with van der Waals surface area (Å²) in [5.74, 6) is 0. The summed E-state index contributed by atoms with van der Waals surface area (Å²) in [7, 11) is 0. The van der Waals surface area contributed by atoms with Crippen LogP contribution in [0.3, 0.4) is 0 Å². The fourth-order valence-corrected chi connectivity index (χ4v) is 1.96. The molecule has 1 saturated heterocycles. The lowest BCUT2D eigenvalue weighted by molar-refractivity contribution is -0.0290. The number of morpholine rings is 1. The van der Waals surface area contributed by atoms with E-state index in [1.807, 2.05) is 19.2 Å². The lowest BCUT2D eigenvalue weighted by atomic mass is 10.1. The van der Waals surface area contributed by atoms with Gasteiger partial charge in [-0.1, -0.05) is 6.07 Å². The summed E-state index contributed by atoms with van der Waals surface area (Å²) in [5.41, 5.74) is 7.77. The molecular weight excluding hydrogens is 202 g/mol. The Balaban J connectivity index is 2.01. The molecule has 1 fully saturated rings. The topological polar surface area (TPSA) is 51.4 Å². The molecule has 0 radical (unpaired) electrons. The van der Waals surface area contributed by atoms with Crippen molar-refractivity contribution in [3.8, 4) is 0 Å². The fourth-order valence-electron chi connectivity index (χ4n) is 1.96. The molecule has 4 heteroatoms. The van der Waals surface area contributed by atoms with Crippen LogP contribution in [0, 0.1) is 6.92 Å². The highest BCUT2D eigenvalue weighted by atomic mass is 16.5. The van der Waals surface area contributed by atoms with Gasteiger partial charge >= 0.3 is 0 Å². The van der Waals surface area contributed by atoms with E-state index in [-0.39, 0.29) is 6.10 Å². The van der Waals surface area contributed by atoms with Crippen LogP contribution in [0.2, 0.25) is 0 Å². The van der Waals surface area contributed by atoms with Gasteiger partial charge in [0.15, 0.2) is 0 Å². The zero-order valence-electron chi connectivity index (χ0n) is 9.72. The van der Waals surface area contributed by atoms with Crippen molar-refractivity contribution in [3.63, 3.8) is 0 Å². The number of nitrogens with two attached hydrogens (primary N) is 1. The summed E-state index contributed by atoms with van der Waals surface area (Å²) in [6, 6.07) is 4.12. The van der Waals surface area contributed by atoms with Crippen molar-refractivity contribution in [1.29, 1.82) is 0 Å². The molecule has 1 unspecified atom stereocenters. The molecule has 1 aliphatic rings. The van der Waals surface area contributed by atoms with Gasteiger partial charge in [0.1, 0.15) is 0 Å². The van der Waals surface area contributed by atoms with E-state index in [9.17, 15) is 0 Å². The molecule has 16 heavy (non-hydrogen) atoms. The predicted octanol–water partition coefficient (Wildman–Crippen LogP) is 0.722. The van der Waals surface area contributed by atoms with Gasteiger partial charge in [0, 0.05) is 43.6 Å². The largest absolute Gasteiger partial charge is 0.371 e. The van der Waals surface area contributed by atoms with Gasteiger partial charge in [-0.15, -0.1) is 0 Å². The summed E-state index contributed by atoms with van der Waals surface area (Å²) in [6.45, 7) is 6.32. The van der Waals surface area contributed by atoms with Crippen molar-refractivity contribution in [2.75, 3.05) is 32.8 Å². The normalized spacial score (nSPS) is 22.2. The van der Waals surface area contributed by atoms with Crippen molar-refractivity contribution in [2.45, 2.75) is 13.0 Å². The van der Waals surface area contributed by atoms with E-state index in [1.165, 1.54) is 0 Å². The summed E-state index contributed by atoms with van der Waals surface area (Å²) >= 11 is 0. The summed E-state index contributed by atoms with van der Waals surface area (Å²) in [6.07, 6.45) is 2.06. The minimum absolute atomic E-state index is 0.147. The van der Waals surface area contributed by atoms with Gasteiger partial charge in [-0.2, -0.15) is 0 Å². The van der Waals surface area contributed by atoms with Crippen LogP contribution < -0.4 is 5.73 Å². The fraction of sp³-hybridized carbons (Fsp3) is 0.583. The molecule has 0 bridgehead atoms. The Bertz CT molecular complexity index is 324. The number of hydrogen-bond acceptors (Lipinski definition) is 4. The molecule has 0 saturated carbocycles. The average Bonchev–Trinajstić information content (AvgIpc) is 2.31. The molecule has 1 aromatic heterocycles. The predicted molar refractivity (Wildman–Crippen MR) is 63.2 cm³/mol. The first kappa shape index (κ1) is 11.5. The van der Waals surface area contributed by atoms with Crippen LogP contribution in [0.4, 0.5) is 0 Å². The van der Waals surface area contributed by atoms with Crippen molar-refractivity contribution in [1.82, 2.24) is 9.88 Å². The number of ether oxygens (including phenoxy) is 1. The maximum absolute atomic E-state index is 5.76. The SMILES string of the molecule is Cc1ccc(C2CN(CCN)CCO2)cn1. The summed E-state index contributed by atoms with van der Waals surface area (Å²) in [4.78, 5) is 6.64. The van der Waals surface area contributed by atoms with Gasteiger partial charge in [-0.3, -0.25) is 9.88 Å². The Morgan fingerprint density at radius 3 is 3.12 bits per heavy atom. The number of nitrogens with zero attached hydrogens (tertiary/aromatic N) is 2. The van der Waals surface area contributed by atoms with Crippen LogP contribution in [0.15, 0.2) is 18.3 Å². The molecule has 0 aliphatic carbocycles. The van der Waals surface area contributed by atoms with E-state index in [1.54, 1.807) is 0 Å². The maximum atomic E-state index is 5.76. The number of pyridine rings is 1. The summed E-state index contributed by atoms with van der Waals surface area (Å²) < 4.78 is 5.76. The van der Waals surface area contributed by atoms with Crippen LogP contribution >= 0.6 is 0 Å². The lowest BCUT2D eigenvalue weighted by Crippen LogP contribution is -2.40. The van der Waals surface area contributed by atoms with E-state index < -0.39 is 0 Å². The molecule has 4 nitrogen and oxygen atoms in total. The number of hydrogen-bond donors (Lipinski definition) is 1. The van der Waals surface area contributed by atoms with E-state index in [2.05, 4.69) is 16.0 Å². The quantitative estimate of drug-likeness (QED) is 0.817. The van der Waals surface area contributed by atoms with Gasteiger partial charge in [0.2, 0.25) is 0 Å². The molecule has 2 heterocycles. The molecule has 1 aromatic rings. The van der Waals surface area contributed by atoms with E-state index in [0.717, 1.165) is 37.5 Å². The molecular formula is C12H19N3O. The molecule has 0 spiro atoms. The Morgan fingerprint density at radius 2 is 2.44 bits per heavy atom. The highest BCUT2D eigenvalue weighted by Gasteiger charge is 2.21. The van der Waals surface area contributed by atoms with E-state index in [4.69, 9.17) is 10.5 Å². The zero-order chi connectivity index (χ0) is 11.4. The van der Waals surface area contributed by atoms with Crippen molar-refractivity contribution in [3.05, 3.63) is 29.6 Å². The molecule has 2 N–H and O–H groups in total. The van der Waals surface area contributed by atoms with Gasteiger partial charge < -0.3 is 10.5 Å². The van der Waals surface area contributed by atoms with Gasteiger partial charge in [0.05, 0.1) is 12.7 Å². The van der Waals surface area contributed by atoms with Crippen LogP contribution in [-0.4, -0.2) is 42.7 Å². The monoisotopic (exact) mass is 221 g/mol. The minimum Gasteiger partial charge on any atom is -0.371 e. The van der Waals surface area contributed by atoms with Gasteiger partial charge in [-0.05, 0) is 13.0 Å². The summed E-state index contributed by atoms with van der Waals surface area (Å²) in [5, 5.41) is 0. The number of aryl methyl sites for hydroxylation is 1. The first-order valence-electron chi connectivity index (χ1n) is 5.76. The molecule has 0 aromatic carbocycles. The zero-order valence-corrected chi connectivity index (χ0v) is 9.72. The Morgan fingerprint density at radius 1 is 1.56 bits per heavy atom. The van der Waals surface area contributed by atoms with Crippen LogP contribution in [0.1, 0.15) is 17.4 Å². The Labute approximate surface area is 96.4 Å². The van der Waals surface area contributed by atoms with Crippen LogP contribution in [-0.2, 0) is 4.74 Å². The Hall–Kier alpha value is -0.970. The third kappa shape index (κ3) is 2.78. The smallest absolute Gasteiger partial charge is 0.0967 e. The van der Waals surface area contributed by atoms with Crippen LogP contribution in [0.5, 0.6) is 0 Å². The van der Waals surface area contributed by atoms with Crippen molar-refractivity contribution < 1.29 is 4.74 Å². The maximum Gasteiger partial charge on any atom is 0.0967 e. The van der Waals surface area contributed by atoms with E-state index >= 15 is 0 Å². The van der Waals surface area contributed by atoms with Gasteiger partial charge in [-0.25, -0.2) is 0 Å². The van der Waals surface area contributed by atoms with Crippen molar-refractivity contribution >= 4 is 0 Å². The number of aromatic nitrogens is 1. The molecule has 88 valence electrons. The van der Waals surface area contributed by atoms with Gasteiger partial charge in [0.25, 0.3) is 0 Å². The third-order valence-electron chi connectivity index (χ3n) is 2.90. The third-order valence-corrected chi connectivity index (χ3v) is 2.90. The molecule has 0 amide bonds. The highest BCUT2D eigenvalue weighted by Crippen LogP contribution is 2.21. The Kier molecular flexibility index (Phi) is 3.88. The van der Waals surface area contributed by atoms with E-state index in [0.29, 0.717) is 6.54 Å². The first-order chi connectivity index (χ1) is 7.79. The number of rotatable bonds is 3. The second kappa shape index (κ2) is 5.39. The highest BCUT2D eigenvalue weighted by molar-refractivity contribution is 5.16. The molecule has 1 atom stereocenters. The average molecular weight is 221 g/mol. The second-order valence-corrected chi connectivity index (χ2v) is 4.18. The molecule has 1 aliphatic heterocycles. The second-order valence-electron chi connectivity index (χ2n) is 4.18. The lowest BCUT2D eigenvalue weighted by Gasteiger charge is -2.32. The first-order valence-corrected chi connectivity index (χ1v) is 5.76.